The molecule has 7 nitrogen and oxygen atoms in total. The van der Waals surface area contributed by atoms with Crippen molar-refractivity contribution in [2.45, 2.75) is 6.04 Å². The Hall–Kier alpha value is -1.34. The zero-order valence-corrected chi connectivity index (χ0v) is 7.59. The number of nitrogen functional groups attached to an aromatic ring is 1. The second-order valence-electron chi connectivity index (χ2n) is 3.08. The molecule has 0 aliphatic carbocycles. The molecule has 1 unspecified atom stereocenters. The molecule has 0 spiro atoms. The monoisotopic (exact) mass is 200 g/mol. The third kappa shape index (κ3) is 1.51. The van der Waals surface area contributed by atoms with Gasteiger partial charge in [0.2, 0.25) is 11.6 Å². The van der Waals surface area contributed by atoms with E-state index in [9.17, 15) is 0 Å². The first-order valence-corrected chi connectivity index (χ1v) is 4.36. The lowest BCUT2D eigenvalue weighted by Gasteiger charge is -2.33. The van der Waals surface area contributed by atoms with Crippen LogP contribution in [0.3, 0.4) is 0 Å². The van der Waals surface area contributed by atoms with Crippen molar-refractivity contribution in [1.82, 2.24) is 10.3 Å². The number of hydrogen-bond donors (Lipinski definition) is 2. The lowest BCUT2D eigenvalue weighted by Crippen LogP contribution is -2.48. The highest BCUT2D eigenvalue weighted by Crippen LogP contribution is 2.21. The van der Waals surface area contributed by atoms with Gasteiger partial charge in [-0.1, -0.05) is 0 Å². The molecule has 1 aliphatic rings. The summed E-state index contributed by atoms with van der Waals surface area (Å²) >= 11 is 0. The average molecular weight is 200 g/mol. The van der Waals surface area contributed by atoms with E-state index in [1.54, 1.807) is 0 Å². The number of rotatable bonds is 2. The largest absolute Gasteiger partial charge is 0.394 e. The van der Waals surface area contributed by atoms with Crippen LogP contribution in [0, 0.1) is 0 Å². The fourth-order valence-electron chi connectivity index (χ4n) is 1.48. The molecule has 1 aromatic heterocycles. The highest BCUT2D eigenvalue weighted by molar-refractivity contribution is 5.57. The maximum absolute atomic E-state index is 9.11. The van der Waals surface area contributed by atoms with Crippen LogP contribution in [-0.2, 0) is 4.74 Å². The third-order valence-electron chi connectivity index (χ3n) is 2.21. The van der Waals surface area contributed by atoms with Gasteiger partial charge >= 0.3 is 0 Å². The molecule has 2 rings (SSSR count). The van der Waals surface area contributed by atoms with Gasteiger partial charge in [0.25, 0.3) is 0 Å². The van der Waals surface area contributed by atoms with E-state index in [2.05, 4.69) is 14.9 Å². The molecular formula is C7H12N4O3. The van der Waals surface area contributed by atoms with E-state index in [0.29, 0.717) is 25.6 Å². The number of morpholine rings is 1. The molecule has 1 aliphatic heterocycles. The van der Waals surface area contributed by atoms with E-state index < -0.39 is 0 Å². The van der Waals surface area contributed by atoms with E-state index in [1.165, 1.54) is 0 Å². The number of ether oxygens (including phenoxy) is 1. The van der Waals surface area contributed by atoms with Gasteiger partial charge in [-0.3, -0.25) is 0 Å². The van der Waals surface area contributed by atoms with Gasteiger partial charge < -0.3 is 20.5 Å². The Morgan fingerprint density at radius 2 is 2.43 bits per heavy atom. The molecule has 0 radical (unpaired) electrons. The second-order valence-corrected chi connectivity index (χ2v) is 3.08. The highest BCUT2D eigenvalue weighted by Gasteiger charge is 2.26. The van der Waals surface area contributed by atoms with Crippen LogP contribution < -0.4 is 10.6 Å². The molecule has 14 heavy (non-hydrogen) atoms. The average Bonchev–Trinajstić information content (AvgIpc) is 2.64. The molecule has 1 atom stereocenters. The Balaban J connectivity index is 2.19. The molecule has 1 fully saturated rings. The summed E-state index contributed by atoms with van der Waals surface area (Å²) in [6.45, 7) is 1.67. The summed E-state index contributed by atoms with van der Waals surface area (Å²) < 4.78 is 9.72. The zero-order chi connectivity index (χ0) is 9.97. The second kappa shape index (κ2) is 3.81. The molecule has 78 valence electrons. The van der Waals surface area contributed by atoms with Gasteiger partial charge in [0, 0.05) is 6.54 Å². The summed E-state index contributed by atoms with van der Waals surface area (Å²) in [5, 5.41) is 16.3. The van der Waals surface area contributed by atoms with Gasteiger partial charge in [-0.25, -0.2) is 4.63 Å². The van der Waals surface area contributed by atoms with Gasteiger partial charge in [0.1, 0.15) is 0 Å². The molecule has 0 amide bonds. The number of hydrogen-bond acceptors (Lipinski definition) is 7. The highest BCUT2D eigenvalue weighted by atomic mass is 16.6. The van der Waals surface area contributed by atoms with Crippen molar-refractivity contribution < 1.29 is 14.5 Å². The number of nitrogens with zero attached hydrogens (tertiary/aromatic N) is 3. The molecule has 0 bridgehead atoms. The van der Waals surface area contributed by atoms with Gasteiger partial charge in [0.05, 0.1) is 25.9 Å². The van der Waals surface area contributed by atoms with Gasteiger partial charge in [-0.05, 0) is 10.3 Å². The summed E-state index contributed by atoms with van der Waals surface area (Å²) in [4.78, 5) is 1.84. The smallest absolute Gasteiger partial charge is 0.218 e. The van der Waals surface area contributed by atoms with E-state index in [4.69, 9.17) is 15.6 Å². The summed E-state index contributed by atoms with van der Waals surface area (Å²) in [7, 11) is 0. The normalized spacial score (nSPS) is 22.6. The third-order valence-corrected chi connectivity index (χ3v) is 2.21. The first-order valence-electron chi connectivity index (χ1n) is 4.36. The SMILES string of the molecule is Nc1nonc1N1CCOCC1CO. The first-order chi connectivity index (χ1) is 6.83. The molecule has 1 saturated heterocycles. The number of aromatic nitrogens is 2. The van der Waals surface area contributed by atoms with Crippen molar-refractivity contribution in [3.63, 3.8) is 0 Å². The Labute approximate surface area is 80.4 Å². The van der Waals surface area contributed by atoms with E-state index >= 15 is 0 Å². The van der Waals surface area contributed by atoms with Crippen LogP contribution in [0.1, 0.15) is 0 Å². The van der Waals surface area contributed by atoms with Gasteiger partial charge in [0.15, 0.2) is 0 Å². The van der Waals surface area contributed by atoms with Crippen LogP contribution in [-0.4, -0.2) is 47.8 Å². The molecule has 3 N–H and O–H groups in total. The fraction of sp³-hybridized carbons (Fsp3) is 0.714. The number of anilines is 2. The number of nitrogens with two attached hydrogens (primary N) is 1. The Morgan fingerprint density at radius 1 is 1.57 bits per heavy atom. The van der Waals surface area contributed by atoms with E-state index in [0.717, 1.165) is 0 Å². The minimum atomic E-state index is -0.127. The number of aliphatic hydroxyl groups excluding tert-OH is 1. The Kier molecular flexibility index (Phi) is 2.51. The summed E-state index contributed by atoms with van der Waals surface area (Å²) in [6.07, 6.45) is 0. The first kappa shape index (κ1) is 9.22. The zero-order valence-electron chi connectivity index (χ0n) is 7.59. The molecule has 7 heteroatoms. The predicted molar refractivity (Wildman–Crippen MR) is 47.7 cm³/mol. The molecule has 1 aromatic rings. The van der Waals surface area contributed by atoms with Crippen LogP contribution >= 0.6 is 0 Å². The molecule has 0 aromatic carbocycles. The van der Waals surface area contributed by atoms with Crippen molar-refractivity contribution in [1.29, 1.82) is 0 Å². The summed E-state index contributed by atoms with van der Waals surface area (Å²) in [5.74, 6) is 0.720. The lowest BCUT2D eigenvalue weighted by atomic mass is 10.2. The van der Waals surface area contributed by atoms with Crippen LogP contribution in [0.15, 0.2) is 4.63 Å². The maximum Gasteiger partial charge on any atom is 0.218 e. The van der Waals surface area contributed by atoms with Crippen LogP contribution in [0.4, 0.5) is 11.6 Å². The molecule has 2 heterocycles. The summed E-state index contributed by atoms with van der Waals surface area (Å²) in [5.41, 5.74) is 5.56. The van der Waals surface area contributed by atoms with Crippen molar-refractivity contribution >= 4 is 11.6 Å². The van der Waals surface area contributed by atoms with Crippen molar-refractivity contribution in [2.24, 2.45) is 0 Å². The van der Waals surface area contributed by atoms with Crippen LogP contribution in [0.5, 0.6) is 0 Å². The van der Waals surface area contributed by atoms with Crippen molar-refractivity contribution in [3.8, 4) is 0 Å². The maximum atomic E-state index is 9.11. The van der Waals surface area contributed by atoms with E-state index in [-0.39, 0.29) is 18.5 Å². The minimum Gasteiger partial charge on any atom is -0.394 e. The van der Waals surface area contributed by atoms with E-state index in [1.807, 2.05) is 4.90 Å². The topological polar surface area (TPSA) is 97.6 Å². The standard InChI is InChI=1S/C7H12N4O3/c8-6-7(10-14-9-6)11-1-2-13-4-5(11)3-12/h5,12H,1-4H2,(H2,8,9). The predicted octanol–water partition coefficient (Wildman–Crippen LogP) is -1.15. The van der Waals surface area contributed by atoms with Crippen LogP contribution in [0.2, 0.25) is 0 Å². The minimum absolute atomic E-state index is 0.00764. The quantitative estimate of drug-likeness (QED) is 0.622. The summed E-state index contributed by atoms with van der Waals surface area (Å²) in [6, 6.07) is -0.127. The number of aliphatic hydroxyl groups is 1. The Bertz CT molecular complexity index is 303. The van der Waals surface area contributed by atoms with Gasteiger partial charge in [-0.2, -0.15) is 0 Å². The van der Waals surface area contributed by atoms with Crippen molar-refractivity contribution in [3.05, 3.63) is 0 Å². The molecule has 0 saturated carbocycles. The fourth-order valence-corrected chi connectivity index (χ4v) is 1.48. The Morgan fingerprint density at radius 3 is 3.07 bits per heavy atom. The van der Waals surface area contributed by atoms with Crippen molar-refractivity contribution in [2.75, 3.05) is 37.0 Å². The van der Waals surface area contributed by atoms with Gasteiger partial charge in [-0.15, -0.1) is 0 Å². The van der Waals surface area contributed by atoms with Crippen LogP contribution in [0.25, 0.3) is 0 Å². The molecular weight excluding hydrogens is 188 g/mol. The lowest BCUT2D eigenvalue weighted by molar-refractivity contribution is 0.0719.